The van der Waals surface area contributed by atoms with Crippen LogP contribution in [0.1, 0.15) is 23.7 Å². The first-order valence-corrected chi connectivity index (χ1v) is 6.08. The summed E-state index contributed by atoms with van der Waals surface area (Å²) in [5, 5.41) is 23.6. The van der Waals surface area contributed by atoms with Crippen molar-refractivity contribution in [1.29, 1.82) is 0 Å². The molecular formula is C13H20N2O3. The maximum Gasteiger partial charge on any atom is 0.253 e. The van der Waals surface area contributed by atoms with Crippen molar-refractivity contribution in [3.63, 3.8) is 0 Å². The van der Waals surface area contributed by atoms with Gasteiger partial charge >= 0.3 is 0 Å². The molecule has 0 unspecified atom stereocenters. The number of rotatable bonds is 7. The molecule has 18 heavy (non-hydrogen) atoms. The van der Waals surface area contributed by atoms with E-state index in [9.17, 15) is 4.79 Å². The molecule has 0 spiro atoms. The normalized spacial score (nSPS) is 10.4. The van der Waals surface area contributed by atoms with Crippen LogP contribution in [-0.2, 0) is 0 Å². The Kier molecular flexibility index (Phi) is 6.18. The Hall–Kier alpha value is -1.59. The number of hydrogen-bond acceptors (Lipinski definition) is 4. The van der Waals surface area contributed by atoms with Crippen LogP contribution in [0, 0.1) is 0 Å². The summed E-state index contributed by atoms with van der Waals surface area (Å²) in [7, 11) is 0. The van der Waals surface area contributed by atoms with Gasteiger partial charge in [0.1, 0.15) is 0 Å². The van der Waals surface area contributed by atoms with Crippen LogP contribution >= 0.6 is 0 Å². The fourth-order valence-electron chi connectivity index (χ4n) is 1.51. The zero-order valence-corrected chi connectivity index (χ0v) is 10.5. The summed E-state index contributed by atoms with van der Waals surface area (Å²) >= 11 is 0. The van der Waals surface area contributed by atoms with Crippen molar-refractivity contribution in [1.82, 2.24) is 5.32 Å². The van der Waals surface area contributed by atoms with Gasteiger partial charge < -0.3 is 20.8 Å². The third-order valence-electron chi connectivity index (χ3n) is 2.51. The maximum atomic E-state index is 12.0. The van der Waals surface area contributed by atoms with Gasteiger partial charge in [-0.25, -0.2) is 0 Å². The first kappa shape index (κ1) is 14.5. The molecule has 0 saturated carbocycles. The van der Waals surface area contributed by atoms with Crippen LogP contribution in [0.25, 0.3) is 0 Å². The molecule has 0 aliphatic rings. The van der Waals surface area contributed by atoms with E-state index in [1.165, 1.54) is 0 Å². The van der Waals surface area contributed by atoms with Crippen LogP contribution in [0.5, 0.6) is 0 Å². The molecule has 0 radical (unpaired) electrons. The summed E-state index contributed by atoms with van der Waals surface area (Å²) in [6.45, 7) is 2.26. The second-order valence-corrected chi connectivity index (χ2v) is 4.01. The number of aliphatic hydroxyl groups is 2. The third kappa shape index (κ3) is 4.01. The van der Waals surface area contributed by atoms with Gasteiger partial charge in [-0.05, 0) is 18.6 Å². The lowest BCUT2D eigenvalue weighted by Gasteiger charge is -2.15. The minimum atomic E-state index is -0.628. The van der Waals surface area contributed by atoms with Crippen LogP contribution in [0.3, 0.4) is 0 Å². The van der Waals surface area contributed by atoms with Crippen LogP contribution in [0.2, 0.25) is 0 Å². The molecular weight excluding hydrogens is 232 g/mol. The molecule has 100 valence electrons. The largest absolute Gasteiger partial charge is 0.394 e. The van der Waals surface area contributed by atoms with E-state index >= 15 is 0 Å². The van der Waals surface area contributed by atoms with Crippen LogP contribution < -0.4 is 10.6 Å². The molecule has 1 rings (SSSR count). The molecule has 0 atom stereocenters. The van der Waals surface area contributed by atoms with Crippen molar-refractivity contribution in [2.45, 2.75) is 19.4 Å². The number of carbonyl (C=O) groups excluding carboxylic acids is 1. The van der Waals surface area contributed by atoms with Gasteiger partial charge in [0.25, 0.3) is 5.91 Å². The molecule has 0 saturated heterocycles. The molecule has 0 aliphatic heterocycles. The Balaban J connectivity index is 2.77. The fourth-order valence-corrected chi connectivity index (χ4v) is 1.51. The fraction of sp³-hybridized carbons (Fsp3) is 0.462. The number of para-hydroxylation sites is 1. The van der Waals surface area contributed by atoms with Gasteiger partial charge in [-0.3, -0.25) is 4.79 Å². The molecule has 1 aromatic rings. The van der Waals surface area contributed by atoms with E-state index in [0.29, 0.717) is 5.56 Å². The van der Waals surface area contributed by atoms with Crippen molar-refractivity contribution < 1.29 is 15.0 Å². The second kappa shape index (κ2) is 7.68. The second-order valence-electron chi connectivity index (χ2n) is 4.01. The SMILES string of the molecule is CCCNc1ccccc1C(=O)NC(CO)CO. The van der Waals surface area contributed by atoms with Crippen LogP contribution in [0.4, 0.5) is 5.69 Å². The molecule has 0 heterocycles. The highest BCUT2D eigenvalue weighted by molar-refractivity contribution is 5.99. The van der Waals surface area contributed by atoms with Crippen molar-refractivity contribution in [2.24, 2.45) is 0 Å². The molecule has 0 bridgehead atoms. The number of nitrogens with one attached hydrogen (secondary N) is 2. The van der Waals surface area contributed by atoms with Gasteiger partial charge in [-0.1, -0.05) is 19.1 Å². The lowest BCUT2D eigenvalue weighted by atomic mass is 10.1. The minimum Gasteiger partial charge on any atom is -0.394 e. The maximum absolute atomic E-state index is 12.0. The zero-order chi connectivity index (χ0) is 13.4. The van der Waals surface area contributed by atoms with Gasteiger partial charge in [-0.2, -0.15) is 0 Å². The predicted molar refractivity (Wildman–Crippen MR) is 70.6 cm³/mol. The smallest absolute Gasteiger partial charge is 0.253 e. The Morgan fingerprint density at radius 1 is 1.28 bits per heavy atom. The first-order chi connectivity index (χ1) is 8.72. The summed E-state index contributed by atoms with van der Waals surface area (Å²) in [5.74, 6) is -0.303. The molecule has 1 amide bonds. The average Bonchev–Trinajstić information content (AvgIpc) is 2.42. The summed E-state index contributed by atoms with van der Waals surface area (Å²) in [4.78, 5) is 12.0. The van der Waals surface area contributed by atoms with E-state index in [4.69, 9.17) is 10.2 Å². The van der Waals surface area contributed by atoms with Crippen molar-refractivity contribution in [3.05, 3.63) is 29.8 Å². The van der Waals surface area contributed by atoms with E-state index in [-0.39, 0.29) is 19.1 Å². The highest BCUT2D eigenvalue weighted by Gasteiger charge is 2.14. The number of anilines is 1. The number of aliphatic hydroxyl groups excluding tert-OH is 2. The van der Waals surface area contributed by atoms with Crippen LogP contribution in [0.15, 0.2) is 24.3 Å². The highest BCUT2D eigenvalue weighted by Crippen LogP contribution is 2.14. The summed E-state index contributed by atoms with van der Waals surface area (Å²) < 4.78 is 0. The molecule has 4 N–H and O–H groups in total. The number of amides is 1. The van der Waals surface area contributed by atoms with Crippen molar-refractivity contribution in [3.8, 4) is 0 Å². The zero-order valence-electron chi connectivity index (χ0n) is 10.5. The van der Waals surface area contributed by atoms with Gasteiger partial charge in [0.15, 0.2) is 0 Å². The van der Waals surface area contributed by atoms with Crippen molar-refractivity contribution >= 4 is 11.6 Å². The summed E-state index contributed by atoms with van der Waals surface area (Å²) in [5.41, 5.74) is 1.27. The van der Waals surface area contributed by atoms with E-state index in [0.717, 1.165) is 18.7 Å². The summed E-state index contributed by atoms with van der Waals surface area (Å²) in [6, 6.07) is 6.54. The predicted octanol–water partition coefficient (Wildman–Crippen LogP) is 0.591. The molecule has 5 nitrogen and oxygen atoms in total. The summed E-state index contributed by atoms with van der Waals surface area (Å²) in [6.07, 6.45) is 0.964. The quantitative estimate of drug-likeness (QED) is 0.572. The lowest BCUT2D eigenvalue weighted by Crippen LogP contribution is -2.40. The molecule has 0 aromatic heterocycles. The van der Waals surface area contributed by atoms with Gasteiger partial charge in [-0.15, -0.1) is 0 Å². The number of carbonyl (C=O) groups is 1. The molecule has 0 fully saturated rings. The Morgan fingerprint density at radius 3 is 2.56 bits per heavy atom. The van der Waals surface area contributed by atoms with Crippen LogP contribution in [-0.4, -0.2) is 41.9 Å². The Morgan fingerprint density at radius 2 is 1.94 bits per heavy atom. The van der Waals surface area contributed by atoms with Gasteiger partial charge in [0, 0.05) is 12.2 Å². The average molecular weight is 252 g/mol. The highest BCUT2D eigenvalue weighted by atomic mass is 16.3. The Bertz CT molecular complexity index is 378. The molecule has 0 aliphatic carbocycles. The topological polar surface area (TPSA) is 81.6 Å². The van der Waals surface area contributed by atoms with E-state index in [1.54, 1.807) is 12.1 Å². The lowest BCUT2D eigenvalue weighted by molar-refractivity contribution is 0.0880. The van der Waals surface area contributed by atoms with E-state index < -0.39 is 6.04 Å². The van der Waals surface area contributed by atoms with Crippen molar-refractivity contribution in [2.75, 3.05) is 25.1 Å². The van der Waals surface area contributed by atoms with Gasteiger partial charge in [0.05, 0.1) is 24.8 Å². The van der Waals surface area contributed by atoms with Gasteiger partial charge in [0.2, 0.25) is 0 Å². The molecule has 1 aromatic carbocycles. The third-order valence-corrected chi connectivity index (χ3v) is 2.51. The monoisotopic (exact) mass is 252 g/mol. The Labute approximate surface area is 107 Å². The number of benzene rings is 1. The minimum absolute atomic E-state index is 0.285. The van der Waals surface area contributed by atoms with E-state index in [2.05, 4.69) is 10.6 Å². The standard InChI is InChI=1S/C13H20N2O3/c1-2-7-14-12-6-4-3-5-11(12)13(18)15-10(8-16)9-17/h3-6,10,14,16-17H,2,7-9H2,1H3,(H,15,18). The first-order valence-electron chi connectivity index (χ1n) is 6.08. The van der Waals surface area contributed by atoms with E-state index in [1.807, 2.05) is 19.1 Å². The molecule has 5 heteroatoms. The number of hydrogen-bond donors (Lipinski definition) is 4.